The van der Waals surface area contributed by atoms with Gasteiger partial charge in [0.15, 0.2) is 0 Å². The number of aromatic nitrogens is 2. The Morgan fingerprint density at radius 3 is 3.11 bits per heavy atom. The summed E-state index contributed by atoms with van der Waals surface area (Å²) >= 11 is 1.76. The van der Waals surface area contributed by atoms with Crippen molar-refractivity contribution in [1.29, 1.82) is 0 Å². The number of thiophene rings is 1. The second kappa shape index (κ2) is 5.45. The predicted octanol–water partition coefficient (Wildman–Crippen LogP) is 2.67. The van der Waals surface area contributed by atoms with Gasteiger partial charge in [0.05, 0.1) is 24.5 Å². The van der Waals surface area contributed by atoms with E-state index >= 15 is 0 Å². The molecule has 19 heavy (non-hydrogen) atoms. The molecule has 0 amide bonds. The summed E-state index contributed by atoms with van der Waals surface area (Å²) < 4.78 is 7.53. The molecule has 3 rings (SSSR count). The highest BCUT2D eigenvalue weighted by Gasteiger charge is 2.26. The van der Waals surface area contributed by atoms with Gasteiger partial charge in [-0.2, -0.15) is 11.3 Å². The highest BCUT2D eigenvalue weighted by molar-refractivity contribution is 7.07. The number of hydrogen-bond acceptors (Lipinski definition) is 4. The van der Waals surface area contributed by atoms with E-state index in [9.17, 15) is 0 Å². The molecule has 1 atom stereocenters. The Kier molecular flexibility index (Phi) is 3.68. The molecule has 0 spiro atoms. The Labute approximate surface area is 117 Å². The Hall–Kier alpha value is -1.17. The van der Waals surface area contributed by atoms with E-state index in [1.807, 2.05) is 6.20 Å². The van der Waals surface area contributed by atoms with Gasteiger partial charge in [-0.05, 0) is 29.3 Å². The molecule has 2 aromatic heterocycles. The zero-order valence-corrected chi connectivity index (χ0v) is 12.2. The van der Waals surface area contributed by atoms with Crippen molar-refractivity contribution in [3.63, 3.8) is 0 Å². The molecule has 5 heteroatoms. The van der Waals surface area contributed by atoms with Crippen LogP contribution in [0.5, 0.6) is 0 Å². The summed E-state index contributed by atoms with van der Waals surface area (Å²) in [5.41, 5.74) is 2.58. The molecule has 102 valence electrons. The Morgan fingerprint density at radius 1 is 1.47 bits per heavy atom. The first kappa shape index (κ1) is 12.8. The van der Waals surface area contributed by atoms with E-state index in [0.29, 0.717) is 12.6 Å². The average Bonchev–Trinajstić information content (AvgIpc) is 3.04. The van der Waals surface area contributed by atoms with Crippen LogP contribution in [0.4, 0.5) is 0 Å². The lowest BCUT2D eigenvalue weighted by molar-refractivity contribution is 0.144. The quantitative estimate of drug-likeness (QED) is 0.860. The number of hydrogen-bond donors (Lipinski definition) is 0. The molecule has 0 bridgehead atoms. The van der Waals surface area contributed by atoms with Crippen LogP contribution >= 0.6 is 11.3 Å². The maximum Gasteiger partial charge on any atom is 0.126 e. The highest BCUT2D eigenvalue weighted by Crippen LogP contribution is 2.27. The van der Waals surface area contributed by atoms with Gasteiger partial charge in [0.25, 0.3) is 0 Å². The van der Waals surface area contributed by atoms with E-state index < -0.39 is 0 Å². The van der Waals surface area contributed by atoms with Gasteiger partial charge in [-0.3, -0.25) is 4.90 Å². The van der Waals surface area contributed by atoms with E-state index in [2.05, 4.69) is 38.2 Å². The highest BCUT2D eigenvalue weighted by atomic mass is 32.1. The van der Waals surface area contributed by atoms with Gasteiger partial charge in [-0.25, -0.2) is 4.98 Å². The van der Waals surface area contributed by atoms with Crippen LogP contribution in [0.3, 0.4) is 0 Å². The normalized spacial score (nSPS) is 19.6. The van der Waals surface area contributed by atoms with Crippen LogP contribution in [0.1, 0.15) is 30.0 Å². The van der Waals surface area contributed by atoms with Gasteiger partial charge in [-0.1, -0.05) is 0 Å². The molecular formula is C14H19N3OS. The van der Waals surface area contributed by atoms with Gasteiger partial charge < -0.3 is 9.30 Å². The number of ether oxygens (including phenoxy) is 1. The molecular weight excluding hydrogens is 258 g/mol. The van der Waals surface area contributed by atoms with Crippen LogP contribution in [0.25, 0.3) is 0 Å². The molecule has 0 saturated carbocycles. The smallest absolute Gasteiger partial charge is 0.126 e. The van der Waals surface area contributed by atoms with Crippen molar-refractivity contribution in [3.05, 3.63) is 40.1 Å². The number of fused-ring (bicyclic) bond motifs is 1. The fourth-order valence-corrected chi connectivity index (χ4v) is 3.36. The van der Waals surface area contributed by atoms with Crippen LogP contribution in [-0.2, 0) is 24.4 Å². The standard InChI is InChI=1S/C14H19N3OS/c1-11-14-15-7-13(9-18-2)17(14)5-4-16(11)8-12-3-6-19-10-12/h3,6-7,10-11H,4-5,8-9H2,1-2H3. The van der Waals surface area contributed by atoms with E-state index in [1.165, 1.54) is 11.3 Å². The average molecular weight is 277 g/mol. The molecule has 1 aliphatic rings. The lowest BCUT2D eigenvalue weighted by atomic mass is 10.2. The topological polar surface area (TPSA) is 30.3 Å². The molecule has 0 fully saturated rings. The third-order valence-corrected chi connectivity index (χ3v) is 4.49. The first-order chi connectivity index (χ1) is 9.29. The van der Waals surface area contributed by atoms with Crippen molar-refractivity contribution in [2.75, 3.05) is 13.7 Å². The van der Waals surface area contributed by atoms with Gasteiger partial charge in [0.2, 0.25) is 0 Å². The van der Waals surface area contributed by atoms with E-state index in [1.54, 1.807) is 18.4 Å². The number of methoxy groups -OCH3 is 1. The molecule has 1 unspecified atom stereocenters. The predicted molar refractivity (Wildman–Crippen MR) is 76.1 cm³/mol. The largest absolute Gasteiger partial charge is 0.378 e. The molecule has 0 N–H and O–H groups in total. The Balaban J connectivity index is 1.78. The molecule has 0 radical (unpaired) electrons. The summed E-state index contributed by atoms with van der Waals surface area (Å²) in [7, 11) is 1.73. The summed E-state index contributed by atoms with van der Waals surface area (Å²) in [6.45, 7) is 5.96. The minimum atomic E-state index is 0.360. The third-order valence-electron chi connectivity index (χ3n) is 3.76. The van der Waals surface area contributed by atoms with Gasteiger partial charge in [0.1, 0.15) is 5.82 Å². The second-order valence-corrected chi connectivity index (χ2v) is 5.75. The van der Waals surface area contributed by atoms with Crippen molar-refractivity contribution in [2.24, 2.45) is 0 Å². The summed E-state index contributed by atoms with van der Waals surface area (Å²) in [6.07, 6.45) is 1.95. The maximum absolute atomic E-state index is 5.23. The fourth-order valence-electron chi connectivity index (χ4n) is 2.70. The summed E-state index contributed by atoms with van der Waals surface area (Å²) in [4.78, 5) is 7.07. The van der Waals surface area contributed by atoms with E-state index in [-0.39, 0.29) is 0 Å². The van der Waals surface area contributed by atoms with Crippen molar-refractivity contribution < 1.29 is 4.74 Å². The molecule has 0 aliphatic carbocycles. The monoisotopic (exact) mass is 277 g/mol. The third kappa shape index (κ3) is 2.45. The van der Waals surface area contributed by atoms with Gasteiger partial charge >= 0.3 is 0 Å². The summed E-state index contributed by atoms with van der Waals surface area (Å²) in [5, 5.41) is 4.37. The van der Waals surface area contributed by atoms with Crippen LogP contribution in [0.15, 0.2) is 23.0 Å². The van der Waals surface area contributed by atoms with Crippen molar-refractivity contribution in [3.8, 4) is 0 Å². The second-order valence-electron chi connectivity index (χ2n) is 4.97. The summed E-state index contributed by atoms with van der Waals surface area (Å²) in [5.74, 6) is 1.16. The summed E-state index contributed by atoms with van der Waals surface area (Å²) in [6, 6.07) is 2.56. The fraction of sp³-hybridized carbons (Fsp3) is 0.500. The van der Waals surface area contributed by atoms with E-state index in [4.69, 9.17) is 4.74 Å². The molecule has 0 saturated heterocycles. The first-order valence-corrected chi connectivity index (χ1v) is 7.52. The SMILES string of the molecule is COCc1cnc2n1CCN(Cc1ccsc1)C2C. The van der Waals surface area contributed by atoms with Crippen molar-refractivity contribution in [2.45, 2.75) is 32.7 Å². The minimum absolute atomic E-state index is 0.360. The number of rotatable bonds is 4. The zero-order valence-electron chi connectivity index (χ0n) is 11.4. The van der Waals surface area contributed by atoms with Crippen LogP contribution in [0.2, 0.25) is 0 Å². The molecule has 1 aliphatic heterocycles. The van der Waals surface area contributed by atoms with Crippen LogP contribution in [0, 0.1) is 0 Å². The maximum atomic E-state index is 5.23. The molecule has 2 aromatic rings. The van der Waals surface area contributed by atoms with Crippen LogP contribution in [-0.4, -0.2) is 28.1 Å². The lowest BCUT2D eigenvalue weighted by Crippen LogP contribution is -2.37. The lowest BCUT2D eigenvalue weighted by Gasteiger charge is -2.34. The van der Waals surface area contributed by atoms with Gasteiger partial charge in [0, 0.05) is 26.7 Å². The van der Waals surface area contributed by atoms with Crippen molar-refractivity contribution >= 4 is 11.3 Å². The zero-order chi connectivity index (χ0) is 13.2. The van der Waals surface area contributed by atoms with Crippen molar-refractivity contribution in [1.82, 2.24) is 14.5 Å². The Bertz CT molecular complexity index is 535. The number of imidazole rings is 1. The van der Waals surface area contributed by atoms with Crippen LogP contribution < -0.4 is 0 Å². The minimum Gasteiger partial charge on any atom is -0.378 e. The first-order valence-electron chi connectivity index (χ1n) is 6.58. The number of nitrogens with zero attached hydrogens (tertiary/aromatic N) is 3. The Morgan fingerprint density at radius 2 is 2.37 bits per heavy atom. The molecule has 4 nitrogen and oxygen atoms in total. The van der Waals surface area contributed by atoms with Gasteiger partial charge in [-0.15, -0.1) is 0 Å². The molecule has 3 heterocycles. The van der Waals surface area contributed by atoms with E-state index in [0.717, 1.165) is 25.5 Å². The molecule has 0 aromatic carbocycles.